The lowest BCUT2D eigenvalue weighted by molar-refractivity contribution is -0.143. The number of esters is 1. The Bertz CT molecular complexity index is 714. The number of Topliss-reactive ketones (excluding diaryl/α,β-unsaturated/α-hetero) is 1. The van der Waals surface area contributed by atoms with Crippen molar-refractivity contribution in [2.24, 2.45) is 5.73 Å². The summed E-state index contributed by atoms with van der Waals surface area (Å²) in [5, 5.41) is 3.82. The van der Waals surface area contributed by atoms with Crippen LogP contribution < -0.4 is 10.5 Å². The molecule has 26 heavy (non-hydrogen) atoms. The normalized spacial score (nSPS) is 13.0. The fraction of sp³-hybridized carbons (Fsp3) is 0.368. The molecule has 0 saturated heterocycles. The van der Waals surface area contributed by atoms with Crippen LogP contribution in [-0.4, -0.2) is 39.2 Å². The Morgan fingerprint density at radius 2 is 1.81 bits per heavy atom. The maximum Gasteiger partial charge on any atom is 0.313 e. The fourth-order valence-electron chi connectivity index (χ4n) is 2.59. The molecule has 1 aromatic heterocycles. The summed E-state index contributed by atoms with van der Waals surface area (Å²) in [7, 11) is 2.87. The Labute approximate surface area is 156 Å². The van der Waals surface area contributed by atoms with Crippen molar-refractivity contribution in [2.75, 3.05) is 27.4 Å². The molecule has 0 aliphatic carbocycles. The Balaban J connectivity index is 2.22. The van der Waals surface area contributed by atoms with Crippen LogP contribution >= 0.6 is 11.3 Å². The standard InChI is InChI=1S/C19H23NO5S/c1-23-8-9-25-17-5-3-14(4-6-17)19(20,15-7-10-26-13-15)12-16(21)11-18(22)24-2/h3-7,10,13H,8-9,11-12,20H2,1-2H3. The van der Waals surface area contributed by atoms with E-state index in [0.29, 0.717) is 19.0 Å². The van der Waals surface area contributed by atoms with Crippen molar-refractivity contribution in [3.05, 3.63) is 52.2 Å². The molecule has 0 aliphatic heterocycles. The first kappa shape index (κ1) is 20.1. The zero-order valence-corrected chi connectivity index (χ0v) is 15.7. The van der Waals surface area contributed by atoms with Gasteiger partial charge in [0.05, 0.1) is 19.3 Å². The van der Waals surface area contributed by atoms with Gasteiger partial charge in [0.2, 0.25) is 0 Å². The summed E-state index contributed by atoms with van der Waals surface area (Å²) in [5.74, 6) is -0.144. The van der Waals surface area contributed by atoms with Gasteiger partial charge in [-0.05, 0) is 40.1 Å². The second kappa shape index (κ2) is 9.47. The van der Waals surface area contributed by atoms with E-state index in [1.165, 1.54) is 18.4 Å². The van der Waals surface area contributed by atoms with Crippen molar-refractivity contribution in [3.8, 4) is 5.75 Å². The topological polar surface area (TPSA) is 87.9 Å². The molecule has 7 heteroatoms. The molecule has 0 aliphatic rings. The van der Waals surface area contributed by atoms with Crippen molar-refractivity contribution >= 4 is 23.1 Å². The van der Waals surface area contributed by atoms with Crippen LogP contribution in [0.4, 0.5) is 0 Å². The molecule has 140 valence electrons. The lowest BCUT2D eigenvalue weighted by atomic mass is 9.80. The van der Waals surface area contributed by atoms with E-state index in [1.807, 2.05) is 41.1 Å². The SMILES string of the molecule is COCCOc1ccc(C(N)(CC(=O)CC(=O)OC)c2ccsc2)cc1. The lowest BCUT2D eigenvalue weighted by Crippen LogP contribution is -2.40. The second-order valence-electron chi connectivity index (χ2n) is 5.82. The van der Waals surface area contributed by atoms with Gasteiger partial charge in [-0.25, -0.2) is 0 Å². The van der Waals surface area contributed by atoms with E-state index in [1.54, 1.807) is 7.11 Å². The summed E-state index contributed by atoms with van der Waals surface area (Å²) in [4.78, 5) is 23.7. The monoisotopic (exact) mass is 377 g/mol. The van der Waals surface area contributed by atoms with Gasteiger partial charge in [0, 0.05) is 13.5 Å². The van der Waals surface area contributed by atoms with E-state index in [-0.39, 0.29) is 18.6 Å². The average molecular weight is 377 g/mol. The van der Waals surface area contributed by atoms with Gasteiger partial charge in [-0.2, -0.15) is 11.3 Å². The minimum atomic E-state index is -1.02. The first-order valence-electron chi connectivity index (χ1n) is 8.12. The van der Waals surface area contributed by atoms with Crippen LogP contribution in [0.15, 0.2) is 41.1 Å². The zero-order valence-electron chi connectivity index (χ0n) is 14.9. The van der Waals surface area contributed by atoms with Gasteiger partial charge in [0.25, 0.3) is 0 Å². The van der Waals surface area contributed by atoms with E-state index in [2.05, 4.69) is 4.74 Å². The van der Waals surface area contributed by atoms with Crippen molar-refractivity contribution in [2.45, 2.75) is 18.4 Å². The Morgan fingerprint density at radius 1 is 1.08 bits per heavy atom. The van der Waals surface area contributed by atoms with Crippen LogP contribution in [0.2, 0.25) is 0 Å². The van der Waals surface area contributed by atoms with Gasteiger partial charge in [0.1, 0.15) is 24.6 Å². The number of methoxy groups -OCH3 is 2. The summed E-state index contributed by atoms with van der Waals surface area (Å²) in [6, 6.07) is 9.18. The number of carbonyl (C=O) groups excluding carboxylic acids is 2. The van der Waals surface area contributed by atoms with Crippen molar-refractivity contribution in [1.29, 1.82) is 0 Å². The lowest BCUT2D eigenvalue weighted by Gasteiger charge is -2.29. The molecule has 6 nitrogen and oxygen atoms in total. The molecule has 0 spiro atoms. The Hall–Kier alpha value is -2.22. The first-order valence-corrected chi connectivity index (χ1v) is 9.06. The van der Waals surface area contributed by atoms with Crippen LogP contribution in [0.5, 0.6) is 5.75 Å². The smallest absolute Gasteiger partial charge is 0.313 e. The predicted octanol–water partition coefficient (Wildman–Crippen LogP) is 2.50. The summed E-state index contributed by atoms with van der Waals surface area (Å²) in [6.45, 7) is 0.950. The third-order valence-corrected chi connectivity index (χ3v) is 4.69. The third-order valence-electron chi connectivity index (χ3n) is 4.01. The molecule has 1 heterocycles. The summed E-state index contributed by atoms with van der Waals surface area (Å²) >= 11 is 1.50. The average Bonchev–Trinajstić information content (AvgIpc) is 3.17. The van der Waals surface area contributed by atoms with Crippen molar-refractivity contribution in [3.63, 3.8) is 0 Å². The van der Waals surface area contributed by atoms with Gasteiger partial charge in [0.15, 0.2) is 0 Å². The maximum atomic E-state index is 12.3. The Kier molecular flexibility index (Phi) is 7.32. The van der Waals surface area contributed by atoms with E-state index < -0.39 is 11.5 Å². The van der Waals surface area contributed by atoms with E-state index in [4.69, 9.17) is 15.2 Å². The van der Waals surface area contributed by atoms with Gasteiger partial charge in [-0.3, -0.25) is 9.59 Å². The molecule has 2 rings (SSSR count). The molecule has 1 atom stereocenters. The molecule has 1 aromatic carbocycles. The van der Waals surface area contributed by atoms with Crippen molar-refractivity contribution < 1.29 is 23.8 Å². The summed E-state index contributed by atoms with van der Waals surface area (Å²) in [5.41, 5.74) is 7.23. The van der Waals surface area contributed by atoms with E-state index in [9.17, 15) is 9.59 Å². The number of benzene rings is 1. The summed E-state index contributed by atoms with van der Waals surface area (Å²) in [6.07, 6.45) is -0.291. The molecule has 0 radical (unpaired) electrons. The molecule has 0 saturated carbocycles. The quantitative estimate of drug-likeness (QED) is 0.389. The van der Waals surface area contributed by atoms with Crippen LogP contribution in [0.3, 0.4) is 0 Å². The van der Waals surface area contributed by atoms with Crippen LogP contribution in [0.1, 0.15) is 24.0 Å². The highest BCUT2D eigenvalue weighted by Crippen LogP contribution is 2.33. The van der Waals surface area contributed by atoms with Crippen LogP contribution in [0.25, 0.3) is 0 Å². The first-order chi connectivity index (χ1) is 12.5. The van der Waals surface area contributed by atoms with Gasteiger partial charge in [-0.1, -0.05) is 12.1 Å². The minimum Gasteiger partial charge on any atom is -0.491 e. The molecular weight excluding hydrogens is 354 g/mol. The molecule has 0 amide bonds. The maximum absolute atomic E-state index is 12.3. The van der Waals surface area contributed by atoms with E-state index in [0.717, 1.165) is 11.1 Å². The molecule has 1 unspecified atom stereocenters. The van der Waals surface area contributed by atoms with Crippen LogP contribution in [0, 0.1) is 0 Å². The molecule has 2 aromatic rings. The molecule has 2 N–H and O–H groups in total. The van der Waals surface area contributed by atoms with Gasteiger partial charge >= 0.3 is 5.97 Å². The molecule has 0 bridgehead atoms. The third kappa shape index (κ3) is 5.14. The number of nitrogens with two attached hydrogens (primary N) is 1. The molecule has 0 fully saturated rings. The minimum absolute atomic E-state index is 0.00269. The number of ketones is 1. The second-order valence-corrected chi connectivity index (χ2v) is 6.60. The number of ether oxygens (including phenoxy) is 3. The largest absolute Gasteiger partial charge is 0.491 e. The highest BCUT2D eigenvalue weighted by atomic mass is 32.1. The summed E-state index contributed by atoms with van der Waals surface area (Å²) < 4.78 is 15.1. The number of thiophene rings is 1. The molecular formula is C19H23NO5S. The fourth-order valence-corrected chi connectivity index (χ4v) is 3.33. The van der Waals surface area contributed by atoms with Gasteiger partial charge < -0.3 is 19.9 Å². The van der Waals surface area contributed by atoms with Gasteiger partial charge in [-0.15, -0.1) is 0 Å². The highest BCUT2D eigenvalue weighted by molar-refractivity contribution is 7.08. The predicted molar refractivity (Wildman–Crippen MR) is 99.4 cm³/mol. The number of rotatable bonds is 10. The van der Waals surface area contributed by atoms with Crippen LogP contribution in [-0.2, 0) is 24.6 Å². The highest BCUT2D eigenvalue weighted by Gasteiger charge is 2.33. The Morgan fingerprint density at radius 3 is 2.38 bits per heavy atom. The van der Waals surface area contributed by atoms with E-state index >= 15 is 0 Å². The number of hydrogen-bond acceptors (Lipinski definition) is 7. The zero-order chi connectivity index (χ0) is 19.0. The number of carbonyl (C=O) groups is 2. The number of hydrogen-bond donors (Lipinski definition) is 1. The van der Waals surface area contributed by atoms with Crippen molar-refractivity contribution in [1.82, 2.24) is 0 Å².